The van der Waals surface area contributed by atoms with Crippen LogP contribution in [0.2, 0.25) is 0 Å². The number of anilines is 1. The number of aromatic nitrogens is 2. The van der Waals surface area contributed by atoms with Crippen LogP contribution in [-0.2, 0) is 13.0 Å². The van der Waals surface area contributed by atoms with Crippen LogP contribution < -0.4 is 19.7 Å². The van der Waals surface area contributed by atoms with E-state index in [4.69, 9.17) is 19.4 Å². The Bertz CT molecular complexity index is 729. The highest BCUT2D eigenvalue weighted by Gasteiger charge is 2.23. The molecular weight excluding hydrogens is 304 g/mol. The number of ether oxygens (including phenoxy) is 2. The number of methoxy groups -OCH3 is 1. The second kappa shape index (κ2) is 6.65. The van der Waals surface area contributed by atoms with Gasteiger partial charge in [0, 0.05) is 32.6 Å². The van der Waals surface area contributed by atoms with Gasteiger partial charge in [0.2, 0.25) is 11.8 Å². The van der Waals surface area contributed by atoms with Gasteiger partial charge in [-0.05, 0) is 25.0 Å². The van der Waals surface area contributed by atoms with Gasteiger partial charge in [-0.15, -0.1) is 0 Å². The Morgan fingerprint density at radius 2 is 1.88 bits per heavy atom. The van der Waals surface area contributed by atoms with E-state index in [-0.39, 0.29) is 0 Å². The van der Waals surface area contributed by atoms with Gasteiger partial charge < -0.3 is 19.7 Å². The van der Waals surface area contributed by atoms with Gasteiger partial charge in [-0.3, -0.25) is 0 Å². The van der Waals surface area contributed by atoms with Gasteiger partial charge in [0.05, 0.1) is 18.4 Å². The van der Waals surface area contributed by atoms with E-state index in [9.17, 15) is 0 Å². The molecule has 0 spiro atoms. The smallest absolute Gasteiger partial charge is 0.229 e. The molecule has 1 N–H and O–H groups in total. The molecule has 1 fully saturated rings. The van der Waals surface area contributed by atoms with Crippen LogP contribution in [0, 0.1) is 0 Å². The Labute approximate surface area is 141 Å². The van der Waals surface area contributed by atoms with Crippen LogP contribution in [-0.4, -0.2) is 36.7 Å². The first kappa shape index (κ1) is 15.2. The molecule has 1 saturated heterocycles. The lowest BCUT2D eigenvalue weighted by atomic mass is 10.1. The largest absolute Gasteiger partial charge is 0.493 e. The van der Waals surface area contributed by atoms with Gasteiger partial charge in [-0.25, -0.2) is 4.98 Å². The average molecular weight is 326 g/mol. The van der Waals surface area contributed by atoms with E-state index in [0.29, 0.717) is 17.4 Å². The first-order valence-electron chi connectivity index (χ1n) is 8.51. The van der Waals surface area contributed by atoms with Gasteiger partial charge in [0.1, 0.15) is 0 Å². The van der Waals surface area contributed by atoms with Crippen molar-refractivity contribution < 1.29 is 9.47 Å². The summed E-state index contributed by atoms with van der Waals surface area (Å²) in [4.78, 5) is 11.8. The van der Waals surface area contributed by atoms with Crippen molar-refractivity contribution in [1.82, 2.24) is 15.3 Å². The van der Waals surface area contributed by atoms with Crippen LogP contribution in [0.15, 0.2) is 24.3 Å². The molecule has 0 radical (unpaired) electrons. The van der Waals surface area contributed by atoms with Crippen molar-refractivity contribution in [1.29, 1.82) is 0 Å². The first-order valence-corrected chi connectivity index (χ1v) is 8.51. The van der Waals surface area contributed by atoms with Gasteiger partial charge in [-0.2, -0.15) is 4.98 Å². The van der Waals surface area contributed by atoms with Gasteiger partial charge in [0.25, 0.3) is 0 Å². The zero-order valence-corrected chi connectivity index (χ0v) is 13.9. The highest BCUT2D eigenvalue weighted by Crippen LogP contribution is 2.34. The molecule has 1 aromatic carbocycles. The SMILES string of the molecule is COc1ccccc1Oc1nc(N2CCCC2)nc2c1CNCC2. The molecule has 0 unspecified atom stereocenters. The molecule has 0 amide bonds. The van der Waals surface area contributed by atoms with E-state index in [2.05, 4.69) is 10.2 Å². The molecule has 6 heteroatoms. The van der Waals surface area contributed by atoms with E-state index < -0.39 is 0 Å². The zero-order chi connectivity index (χ0) is 16.4. The maximum Gasteiger partial charge on any atom is 0.229 e. The number of fused-ring (bicyclic) bond motifs is 1. The number of rotatable bonds is 4. The molecule has 4 rings (SSSR count). The maximum atomic E-state index is 6.16. The monoisotopic (exact) mass is 326 g/mol. The van der Waals surface area contributed by atoms with Gasteiger partial charge in [-0.1, -0.05) is 12.1 Å². The van der Waals surface area contributed by atoms with Crippen LogP contribution in [0.1, 0.15) is 24.1 Å². The van der Waals surface area contributed by atoms with Crippen molar-refractivity contribution in [3.8, 4) is 17.4 Å². The van der Waals surface area contributed by atoms with Crippen LogP contribution >= 0.6 is 0 Å². The summed E-state index contributed by atoms with van der Waals surface area (Å²) in [6.45, 7) is 3.72. The van der Waals surface area contributed by atoms with E-state index in [1.165, 1.54) is 12.8 Å². The molecule has 0 aliphatic carbocycles. The number of nitrogens with one attached hydrogen (secondary N) is 1. The van der Waals surface area contributed by atoms with Crippen molar-refractivity contribution in [3.05, 3.63) is 35.5 Å². The molecule has 24 heavy (non-hydrogen) atoms. The molecule has 0 saturated carbocycles. The summed E-state index contributed by atoms with van der Waals surface area (Å²) >= 11 is 0. The molecule has 2 aliphatic rings. The third-order valence-corrected chi connectivity index (χ3v) is 4.55. The lowest BCUT2D eigenvalue weighted by molar-refractivity contribution is 0.370. The van der Waals surface area contributed by atoms with Crippen LogP contribution in [0.5, 0.6) is 17.4 Å². The Morgan fingerprint density at radius 3 is 2.67 bits per heavy atom. The van der Waals surface area contributed by atoms with Crippen LogP contribution in [0.3, 0.4) is 0 Å². The van der Waals surface area contributed by atoms with E-state index in [0.717, 1.165) is 49.8 Å². The predicted molar refractivity (Wildman–Crippen MR) is 92.0 cm³/mol. The lowest BCUT2D eigenvalue weighted by Crippen LogP contribution is -2.28. The summed E-state index contributed by atoms with van der Waals surface area (Å²) < 4.78 is 11.6. The predicted octanol–water partition coefficient (Wildman–Crippen LogP) is 2.52. The molecule has 2 aliphatic heterocycles. The Morgan fingerprint density at radius 1 is 1.08 bits per heavy atom. The highest BCUT2D eigenvalue weighted by molar-refractivity contribution is 5.47. The van der Waals surface area contributed by atoms with Crippen molar-refractivity contribution >= 4 is 5.95 Å². The number of hydrogen-bond acceptors (Lipinski definition) is 6. The average Bonchev–Trinajstić information content (AvgIpc) is 3.17. The minimum Gasteiger partial charge on any atom is -0.493 e. The lowest BCUT2D eigenvalue weighted by Gasteiger charge is -2.23. The van der Waals surface area contributed by atoms with Gasteiger partial charge in [0.15, 0.2) is 11.5 Å². The first-order chi connectivity index (χ1) is 11.8. The fourth-order valence-corrected chi connectivity index (χ4v) is 3.25. The van der Waals surface area contributed by atoms with Crippen LogP contribution in [0.4, 0.5) is 5.95 Å². The Kier molecular flexibility index (Phi) is 4.21. The molecule has 0 bridgehead atoms. The number of benzene rings is 1. The number of para-hydroxylation sites is 2. The molecule has 126 valence electrons. The minimum absolute atomic E-state index is 0.638. The van der Waals surface area contributed by atoms with E-state index in [1.54, 1.807) is 7.11 Å². The zero-order valence-electron chi connectivity index (χ0n) is 13.9. The standard InChI is InChI=1S/C18H22N4O2/c1-23-15-6-2-3-7-16(15)24-17-13-12-19-9-8-14(13)20-18(21-17)22-10-4-5-11-22/h2-3,6-7,19H,4-5,8-12H2,1H3. The third kappa shape index (κ3) is 2.89. The van der Waals surface area contributed by atoms with E-state index in [1.807, 2.05) is 24.3 Å². The third-order valence-electron chi connectivity index (χ3n) is 4.55. The highest BCUT2D eigenvalue weighted by atomic mass is 16.5. The molecule has 6 nitrogen and oxygen atoms in total. The Balaban J connectivity index is 1.73. The molecular formula is C18H22N4O2. The summed E-state index contributed by atoms with van der Waals surface area (Å²) in [6.07, 6.45) is 3.30. The number of nitrogens with zero attached hydrogens (tertiary/aromatic N) is 3. The van der Waals surface area contributed by atoms with E-state index >= 15 is 0 Å². The fraction of sp³-hybridized carbons (Fsp3) is 0.444. The van der Waals surface area contributed by atoms with Crippen molar-refractivity contribution in [2.24, 2.45) is 0 Å². The summed E-state index contributed by atoms with van der Waals surface area (Å²) in [5, 5.41) is 3.38. The normalized spacial score (nSPS) is 16.8. The summed E-state index contributed by atoms with van der Waals surface area (Å²) in [6, 6.07) is 7.66. The quantitative estimate of drug-likeness (QED) is 0.932. The van der Waals surface area contributed by atoms with Crippen LogP contribution in [0.25, 0.3) is 0 Å². The van der Waals surface area contributed by atoms with Gasteiger partial charge >= 0.3 is 0 Å². The van der Waals surface area contributed by atoms with Crippen molar-refractivity contribution in [3.63, 3.8) is 0 Å². The minimum atomic E-state index is 0.638. The van der Waals surface area contributed by atoms with Crippen molar-refractivity contribution in [2.45, 2.75) is 25.8 Å². The summed E-state index contributed by atoms with van der Waals surface area (Å²) in [5.41, 5.74) is 2.14. The molecule has 1 aromatic heterocycles. The fourth-order valence-electron chi connectivity index (χ4n) is 3.25. The molecule has 0 atom stereocenters. The second-order valence-corrected chi connectivity index (χ2v) is 6.13. The second-order valence-electron chi connectivity index (χ2n) is 6.13. The number of hydrogen-bond donors (Lipinski definition) is 1. The topological polar surface area (TPSA) is 59.5 Å². The van der Waals surface area contributed by atoms with Crippen molar-refractivity contribution in [2.75, 3.05) is 31.6 Å². The molecule has 2 aromatic rings. The summed E-state index contributed by atoms with van der Waals surface area (Å²) in [5.74, 6) is 2.81. The maximum absolute atomic E-state index is 6.16. The summed E-state index contributed by atoms with van der Waals surface area (Å²) in [7, 11) is 1.65. The Hall–Kier alpha value is -2.34. The molecule has 3 heterocycles.